The topological polar surface area (TPSA) is 75.1 Å². The van der Waals surface area contributed by atoms with E-state index in [9.17, 15) is 13.6 Å². The van der Waals surface area contributed by atoms with Crippen molar-refractivity contribution in [3.8, 4) is 0 Å². The minimum atomic E-state index is -2.03. The lowest BCUT2D eigenvalue weighted by Crippen LogP contribution is -2.19. The minimum Gasteiger partial charge on any atom is -0.306 e. The summed E-state index contributed by atoms with van der Waals surface area (Å²) in [5.41, 5.74) is 2.05. The van der Waals surface area contributed by atoms with Crippen LogP contribution in [0.5, 0.6) is 0 Å². The van der Waals surface area contributed by atoms with Crippen LogP contribution in [0.25, 0.3) is 11.0 Å². The summed E-state index contributed by atoms with van der Waals surface area (Å²) in [7, 11) is 0. The Kier molecular flexibility index (Phi) is 4.66. The quantitative estimate of drug-likeness (QED) is 0.693. The zero-order valence-electron chi connectivity index (χ0n) is 12.1. The molecule has 2 N–H and O–H groups in total. The molecule has 0 saturated carbocycles. The third-order valence-corrected chi connectivity index (χ3v) is 5.03. The van der Waals surface area contributed by atoms with Gasteiger partial charge in [-0.15, -0.1) is 0 Å². The summed E-state index contributed by atoms with van der Waals surface area (Å²) in [6.45, 7) is 0.350. The molecule has 2 atom stereocenters. The third kappa shape index (κ3) is 3.39. The van der Waals surface area contributed by atoms with Crippen LogP contribution in [0.4, 0.5) is 0 Å². The Morgan fingerprint density at radius 2 is 1.87 bits per heavy atom. The van der Waals surface area contributed by atoms with Gasteiger partial charge in [-0.3, -0.25) is 4.57 Å². The van der Waals surface area contributed by atoms with Gasteiger partial charge in [-0.2, -0.15) is 0 Å². The van der Waals surface area contributed by atoms with Crippen molar-refractivity contribution in [2.45, 2.75) is 18.2 Å². The van der Waals surface area contributed by atoms with Crippen molar-refractivity contribution in [2.24, 2.45) is 0 Å². The highest BCUT2D eigenvalue weighted by molar-refractivity contribution is 7.79. The van der Waals surface area contributed by atoms with Gasteiger partial charge in [0, 0.05) is 11.6 Å². The molecule has 2 aromatic carbocycles. The molecule has 7 heteroatoms. The number of nitrogens with one attached hydrogen (secondary N) is 1. The molecule has 0 spiro atoms. The number of rotatable bonds is 5. The van der Waals surface area contributed by atoms with Crippen molar-refractivity contribution in [2.75, 3.05) is 0 Å². The highest BCUT2D eigenvalue weighted by Gasteiger charge is 2.19. The van der Waals surface area contributed by atoms with Gasteiger partial charge in [0.05, 0.1) is 16.3 Å². The smallest absolute Gasteiger partial charge is 0.306 e. The van der Waals surface area contributed by atoms with Crippen molar-refractivity contribution in [3.63, 3.8) is 0 Å². The molecule has 0 bridgehead atoms. The average Bonchev–Trinajstić information content (AvgIpc) is 2.85. The van der Waals surface area contributed by atoms with Gasteiger partial charge in [-0.1, -0.05) is 35.9 Å². The summed E-state index contributed by atoms with van der Waals surface area (Å²) in [5, 5.41) is -0.00287. The molecule has 0 radical (unpaired) electrons. The number of benzene rings is 2. The van der Waals surface area contributed by atoms with E-state index < -0.39 is 16.3 Å². The summed E-state index contributed by atoms with van der Waals surface area (Å²) < 4.78 is 22.9. The summed E-state index contributed by atoms with van der Waals surface area (Å²) >= 11 is 3.82. The number of imidazole rings is 1. The zero-order valence-corrected chi connectivity index (χ0v) is 13.7. The van der Waals surface area contributed by atoms with E-state index in [0.29, 0.717) is 18.0 Å². The van der Waals surface area contributed by atoms with E-state index in [-0.39, 0.29) is 5.69 Å². The molecule has 0 aliphatic heterocycles. The molecular weight excluding hydrogens is 336 g/mol. The molecule has 1 aromatic heterocycles. The van der Waals surface area contributed by atoms with Crippen molar-refractivity contribution >= 4 is 33.7 Å². The fraction of sp³-hybridized carbons (Fsp3) is 0.188. The Labute approximate surface area is 140 Å². The highest BCUT2D eigenvalue weighted by atomic mass is 35.5. The van der Waals surface area contributed by atoms with Gasteiger partial charge in [-0.25, -0.2) is 9.00 Å². The average molecular weight is 351 g/mol. The first-order valence-corrected chi connectivity index (χ1v) is 8.63. The number of hydrogen-bond donors (Lipinski definition) is 2. The van der Waals surface area contributed by atoms with Crippen molar-refractivity contribution in [3.05, 3.63) is 69.6 Å². The number of aromatic amines is 1. The Morgan fingerprint density at radius 1 is 1.17 bits per heavy atom. The largest absolute Gasteiger partial charge is 0.326 e. The van der Waals surface area contributed by atoms with Crippen LogP contribution in [0.3, 0.4) is 0 Å². The van der Waals surface area contributed by atoms with Gasteiger partial charge in [0.2, 0.25) is 0 Å². The van der Waals surface area contributed by atoms with Gasteiger partial charge in [0.1, 0.15) is 0 Å². The Balaban J connectivity index is 1.87. The fourth-order valence-corrected chi connectivity index (χ4v) is 3.46. The zero-order chi connectivity index (χ0) is 16.4. The van der Waals surface area contributed by atoms with Crippen LogP contribution in [0.15, 0.2) is 53.3 Å². The maximum atomic E-state index is 12.1. The summed E-state index contributed by atoms with van der Waals surface area (Å²) in [6.07, 6.45) is 0.368. The van der Waals surface area contributed by atoms with Crippen LogP contribution in [0.2, 0.25) is 5.02 Å². The number of halogens is 1. The molecule has 3 rings (SSSR count). The number of H-pyrrole nitrogens is 1. The molecule has 0 amide bonds. The number of hydrogen-bond acceptors (Lipinski definition) is 2. The molecule has 1 heterocycles. The van der Waals surface area contributed by atoms with Crippen LogP contribution >= 0.6 is 11.6 Å². The highest BCUT2D eigenvalue weighted by Crippen LogP contribution is 2.25. The van der Waals surface area contributed by atoms with E-state index in [0.717, 1.165) is 16.6 Å². The predicted octanol–water partition coefficient (Wildman–Crippen LogP) is 3.34. The summed E-state index contributed by atoms with van der Waals surface area (Å²) in [4.78, 5) is 14.8. The monoisotopic (exact) mass is 350 g/mol. The van der Waals surface area contributed by atoms with Crippen LogP contribution in [0, 0.1) is 0 Å². The Hall–Kier alpha value is -1.89. The van der Waals surface area contributed by atoms with Gasteiger partial charge in [0.15, 0.2) is 11.1 Å². The van der Waals surface area contributed by atoms with Crippen LogP contribution < -0.4 is 5.69 Å². The molecule has 0 aliphatic carbocycles. The number of para-hydroxylation sites is 2. The maximum Gasteiger partial charge on any atom is 0.326 e. The first kappa shape index (κ1) is 16.0. The van der Waals surface area contributed by atoms with Gasteiger partial charge in [-0.05, 0) is 36.2 Å². The van der Waals surface area contributed by atoms with E-state index in [1.807, 2.05) is 24.3 Å². The van der Waals surface area contributed by atoms with Crippen LogP contribution in [-0.4, -0.2) is 18.3 Å². The van der Waals surface area contributed by atoms with Gasteiger partial charge in [0.25, 0.3) is 0 Å². The summed E-state index contributed by atoms with van der Waals surface area (Å²) in [5.74, 6) is 0. The van der Waals surface area contributed by atoms with Gasteiger partial charge >= 0.3 is 5.69 Å². The van der Waals surface area contributed by atoms with Crippen LogP contribution in [-0.2, 0) is 17.6 Å². The lowest BCUT2D eigenvalue weighted by atomic mass is 10.1. The molecule has 0 fully saturated rings. The van der Waals surface area contributed by atoms with Crippen molar-refractivity contribution < 1.29 is 8.76 Å². The van der Waals surface area contributed by atoms with E-state index in [1.165, 1.54) is 0 Å². The third-order valence-electron chi connectivity index (χ3n) is 3.78. The molecule has 2 unspecified atom stereocenters. The second kappa shape index (κ2) is 6.70. The lowest BCUT2D eigenvalue weighted by molar-refractivity contribution is 0.530. The second-order valence-corrected chi connectivity index (χ2v) is 6.76. The molecule has 23 heavy (non-hydrogen) atoms. The second-order valence-electron chi connectivity index (χ2n) is 5.20. The molecular formula is C16H15ClN2O3S. The summed E-state index contributed by atoms with van der Waals surface area (Å²) in [6, 6.07) is 14.2. The van der Waals surface area contributed by atoms with Crippen LogP contribution in [0.1, 0.15) is 17.2 Å². The fourth-order valence-electron chi connectivity index (χ4n) is 2.64. The molecule has 120 valence electrons. The normalized spacial score (nSPS) is 14.0. The number of fused-ring (bicyclic) bond motifs is 1. The molecule has 3 aromatic rings. The van der Waals surface area contributed by atoms with E-state index >= 15 is 0 Å². The predicted molar refractivity (Wildman–Crippen MR) is 92.1 cm³/mol. The first-order valence-electron chi connectivity index (χ1n) is 7.09. The lowest BCUT2D eigenvalue weighted by Gasteiger charge is -2.14. The molecule has 5 nitrogen and oxygen atoms in total. The van der Waals surface area contributed by atoms with E-state index in [2.05, 4.69) is 4.98 Å². The standard InChI is InChI=1S/C16H15ClN2O3S/c17-12-7-5-11(6-8-12)15(23(21)22)9-10-19-14-4-2-1-3-13(14)18-16(19)20/h1-8,15H,9-10H2,(H,18,20)(H,21,22). The Bertz CT molecular complexity index is 902. The maximum absolute atomic E-state index is 12.1. The first-order chi connectivity index (χ1) is 11.1. The van der Waals surface area contributed by atoms with Crippen molar-refractivity contribution in [1.82, 2.24) is 9.55 Å². The van der Waals surface area contributed by atoms with E-state index in [4.69, 9.17) is 11.6 Å². The Morgan fingerprint density at radius 3 is 2.57 bits per heavy atom. The van der Waals surface area contributed by atoms with Crippen molar-refractivity contribution in [1.29, 1.82) is 0 Å². The molecule has 0 aliphatic rings. The SMILES string of the molecule is O=c1[nH]c2ccccc2n1CCC(c1ccc(Cl)cc1)S(=O)O. The van der Waals surface area contributed by atoms with E-state index in [1.54, 1.807) is 28.8 Å². The van der Waals surface area contributed by atoms with Gasteiger partial charge < -0.3 is 9.54 Å². The molecule has 0 saturated heterocycles. The number of nitrogens with zero attached hydrogens (tertiary/aromatic N) is 1. The number of aromatic nitrogens is 2. The number of aryl methyl sites for hydroxylation is 1. The minimum absolute atomic E-state index is 0.218.